The Morgan fingerprint density at radius 1 is 1.08 bits per heavy atom. The van der Waals surface area contributed by atoms with E-state index in [0.29, 0.717) is 6.42 Å². The smallest absolute Gasteiger partial charge is 0.326 e. The molecule has 1 unspecified atom stereocenters. The summed E-state index contributed by atoms with van der Waals surface area (Å²) in [6.07, 6.45) is 0.783. The van der Waals surface area contributed by atoms with Crippen molar-refractivity contribution in [3.63, 3.8) is 0 Å². The van der Waals surface area contributed by atoms with Gasteiger partial charge < -0.3 is 14.7 Å². The number of aryl methyl sites for hydroxylation is 1. The number of nitrogens with zero attached hydrogens (tertiary/aromatic N) is 1. The molecular formula is C20H23NO4. The maximum absolute atomic E-state index is 12.7. The van der Waals surface area contributed by atoms with Crippen LogP contribution < -0.4 is 4.74 Å². The summed E-state index contributed by atoms with van der Waals surface area (Å²) in [4.78, 5) is 25.4. The van der Waals surface area contributed by atoms with Crippen LogP contribution in [-0.2, 0) is 22.6 Å². The van der Waals surface area contributed by atoms with Gasteiger partial charge in [-0.3, -0.25) is 4.79 Å². The second-order valence-electron chi connectivity index (χ2n) is 5.87. The van der Waals surface area contributed by atoms with Crippen molar-refractivity contribution in [2.75, 3.05) is 7.11 Å². The SMILES string of the molecule is COc1cccc(CCC(=O)N(Cc2ccccc2)C(C)C(=O)O)c1. The van der Waals surface area contributed by atoms with Gasteiger partial charge in [0.1, 0.15) is 11.8 Å². The molecule has 0 saturated heterocycles. The summed E-state index contributed by atoms with van der Waals surface area (Å²) < 4.78 is 5.18. The number of rotatable bonds is 8. The van der Waals surface area contributed by atoms with Crippen molar-refractivity contribution in [1.82, 2.24) is 4.90 Å². The van der Waals surface area contributed by atoms with Gasteiger partial charge in [-0.2, -0.15) is 0 Å². The molecule has 0 radical (unpaired) electrons. The van der Waals surface area contributed by atoms with Gasteiger partial charge in [0.25, 0.3) is 0 Å². The van der Waals surface area contributed by atoms with Gasteiger partial charge >= 0.3 is 5.97 Å². The molecule has 0 aliphatic heterocycles. The molecule has 1 atom stereocenters. The summed E-state index contributed by atoms with van der Waals surface area (Å²) in [5.74, 6) is -0.447. The Kier molecular flexibility index (Phi) is 6.57. The van der Waals surface area contributed by atoms with Crippen LogP contribution in [0.4, 0.5) is 0 Å². The fourth-order valence-electron chi connectivity index (χ4n) is 2.58. The Morgan fingerprint density at radius 3 is 2.40 bits per heavy atom. The molecule has 5 nitrogen and oxygen atoms in total. The number of hydrogen-bond acceptors (Lipinski definition) is 3. The number of hydrogen-bond donors (Lipinski definition) is 1. The molecular weight excluding hydrogens is 318 g/mol. The first kappa shape index (κ1) is 18.5. The highest BCUT2D eigenvalue weighted by Gasteiger charge is 2.25. The Balaban J connectivity index is 2.07. The number of carbonyl (C=O) groups is 2. The molecule has 0 bridgehead atoms. The first-order valence-corrected chi connectivity index (χ1v) is 8.20. The molecule has 1 N–H and O–H groups in total. The molecule has 0 aliphatic carbocycles. The van der Waals surface area contributed by atoms with Gasteiger partial charge in [-0.05, 0) is 36.6 Å². The zero-order valence-corrected chi connectivity index (χ0v) is 14.5. The van der Waals surface area contributed by atoms with Crippen molar-refractivity contribution in [3.8, 4) is 5.75 Å². The summed E-state index contributed by atoms with van der Waals surface area (Å²) in [5.41, 5.74) is 1.89. The van der Waals surface area contributed by atoms with Gasteiger partial charge in [0, 0.05) is 13.0 Å². The van der Waals surface area contributed by atoms with E-state index >= 15 is 0 Å². The second kappa shape index (κ2) is 8.87. The highest BCUT2D eigenvalue weighted by molar-refractivity contribution is 5.83. The van der Waals surface area contributed by atoms with Crippen LogP contribution in [0.1, 0.15) is 24.5 Å². The fourth-order valence-corrected chi connectivity index (χ4v) is 2.58. The average Bonchev–Trinajstić information content (AvgIpc) is 2.64. The van der Waals surface area contributed by atoms with Gasteiger partial charge in [-0.15, -0.1) is 0 Å². The summed E-state index contributed by atoms with van der Waals surface area (Å²) in [7, 11) is 1.60. The van der Waals surface area contributed by atoms with Crippen molar-refractivity contribution in [1.29, 1.82) is 0 Å². The van der Waals surface area contributed by atoms with E-state index in [2.05, 4.69) is 0 Å². The van der Waals surface area contributed by atoms with Crippen LogP contribution in [0.5, 0.6) is 5.75 Å². The normalized spacial score (nSPS) is 11.6. The molecule has 0 fully saturated rings. The first-order chi connectivity index (χ1) is 12.0. The largest absolute Gasteiger partial charge is 0.497 e. The van der Waals surface area contributed by atoms with Crippen LogP contribution in [0.2, 0.25) is 0 Å². The standard InChI is InChI=1S/C20H23NO4/c1-15(20(23)24)21(14-17-7-4-3-5-8-17)19(22)12-11-16-9-6-10-18(13-16)25-2/h3-10,13,15H,11-12,14H2,1-2H3,(H,23,24). The van der Waals surface area contributed by atoms with Gasteiger partial charge in [0.05, 0.1) is 7.11 Å². The van der Waals surface area contributed by atoms with Crippen LogP contribution in [-0.4, -0.2) is 35.0 Å². The van der Waals surface area contributed by atoms with Crippen LogP contribution >= 0.6 is 0 Å². The highest BCUT2D eigenvalue weighted by Crippen LogP contribution is 2.16. The maximum Gasteiger partial charge on any atom is 0.326 e. The number of benzene rings is 2. The lowest BCUT2D eigenvalue weighted by Gasteiger charge is -2.27. The van der Waals surface area contributed by atoms with Crippen LogP contribution in [0.25, 0.3) is 0 Å². The van der Waals surface area contributed by atoms with Crippen molar-refractivity contribution in [3.05, 3.63) is 65.7 Å². The van der Waals surface area contributed by atoms with Gasteiger partial charge in [-0.25, -0.2) is 4.79 Å². The average molecular weight is 341 g/mol. The second-order valence-corrected chi connectivity index (χ2v) is 5.87. The Morgan fingerprint density at radius 2 is 1.76 bits per heavy atom. The minimum Gasteiger partial charge on any atom is -0.497 e. The van der Waals surface area contributed by atoms with E-state index < -0.39 is 12.0 Å². The Labute approximate surface area is 147 Å². The minimum atomic E-state index is -1.01. The molecule has 0 saturated carbocycles. The number of carboxylic acids is 1. The first-order valence-electron chi connectivity index (χ1n) is 8.20. The van der Waals surface area contributed by atoms with Gasteiger partial charge in [0.15, 0.2) is 0 Å². The summed E-state index contributed by atoms with van der Waals surface area (Å²) in [6.45, 7) is 1.82. The van der Waals surface area contributed by atoms with E-state index in [1.54, 1.807) is 7.11 Å². The molecule has 0 heterocycles. The van der Waals surface area contributed by atoms with Gasteiger partial charge in [-0.1, -0.05) is 42.5 Å². The molecule has 5 heteroatoms. The number of ether oxygens (including phenoxy) is 1. The van der Waals surface area contributed by atoms with Crippen molar-refractivity contribution in [2.24, 2.45) is 0 Å². The number of amides is 1. The molecule has 0 aromatic heterocycles. The fraction of sp³-hybridized carbons (Fsp3) is 0.300. The highest BCUT2D eigenvalue weighted by atomic mass is 16.5. The van der Waals surface area contributed by atoms with E-state index in [-0.39, 0.29) is 18.9 Å². The molecule has 0 spiro atoms. The number of carboxylic acid groups (broad SMARTS) is 1. The molecule has 0 aliphatic rings. The molecule has 132 valence electrons. The quantitative estimate of drug-likeness (QED) is 0.801. The summed E-state index contributed by atoms with van der Waals surface area (Å²) in [5, 5.41) is 9.32. The van der Waals surface area contributed by atoms with E-state index in [1.165, 1.54) is 11.8 Å². The zero-order valence-electron chi connectivity index (χ0n) is 14.5. The Hall–Kier alpha value is -2.82. The number of aliphatic carboxylic acids is 1. The molecule has 25 heavy (non-hydrogen) atoms. The molecule has 2 rings (SSSR count). The van der Waals surface area contributed by atoms with Crippen molar-refractivity contribution < 1.29 is 19.4 Å². The van der Waals surface area contributed by atoms with E-state index in [4.69, 9.17) is 4.74 Å². The minimum absolute atomic E-state index is 0.179. The summed E-state index contributed by atoms with van der Waals surface area (Å²) >= 11 is 0. The number of methoxy groups -OCH3 is 1. The Bertz CT molecular complexity index is 715. The molecule has 2 aromatic rings. The van der Waals surface area contributed by atoms with Gasteiger partial charge in [0.2, 0.25) is 5.91 Å². The summed E-state index contributed by atoms with van der Waals surface area (Å²) in [6, 6.07) is 16.1. The van der Waals surface area contributed by atoms with E-state index in [1.807, 2.05) is 54.6 Å². The maximum atomic E-state index is 12.7. The van der Waals surface area contributed by atoms with Crippen LogP contribution in [0.3, 0.4) is 0 Å². The van der Waals surface area contributed by atoms with Crippen LogP contribution in [0.15, 0.2) is 54.6 Å². The lowest BCUT2D eigenvalue weighted by molar-refractivity contribution is -0.150. The molecule has 2 aromatic carbocycles. The third-order valence-electron chi connectivity index (χ3n) is 4.10. The monoisotopic (exact) mass is 341 g/mol. The predicted octanol–water partition coefficient (Wildman–Crippen LogP) is 3.13. The topological polar surface area (TPSA) is 66.8 Å². The van der Waals surface area contributed by atoms with E-state index in [0.717, 1.165) is 16.9 Å². The third kappa shape index (κ3) is 5.35. The van der Waals surface area contributed by atoms with Crippen LogP contribution in [0, 0.1) is 0 Å². The predicted molar refractivity (Wildman–Crippen MR) is 95.4 cm³/mol. The zero-order chi connectivity index (χ0) is 18.2. The lowest BCUT2D eigenvalue weighted by Crippen LogP contribution is -2.42. The molecule has 1 amide bonds. The lowest BCUT2D eigenvalue weighted by atomic mass is 10.1. The van der Waals surface area contributed by atoms with E-state index in [9.17, 15) is 14.7 Å². The number of carbonyl (C=O) groups excluding carboxylic acids is 1. The van der Waals surface area contributed by atoms with Crippen molar-refractivity contribution in [2.45, 2.75) is 32.4 Å². The van der Waals surface area contributed by atoms with Crippen molar-refractivity contribution >= 4 is 11.9 Å². The third-order valence-corrected chi connectivity index (χ3v) is 4.10.